The van der Waals surface area contributed by atoms with Crippen molar-refractivity contribution in [3.8, 4) is 0 Å². The second-order valence-corrected chi connectivity index (χ2v) is 27.0. The number of ketones is 1. The van der Waals surface area contributed by atoms with E-state index >= 15 is 0 Å². The highest BCUT2D eigenvalue weighted by Crippen LogP contribution is 2.68. The SMILES string of the molecule is CC[C@H]1OC(=O)[C@H](C)[C@@H](O[C@@H]2C[C@](C)(OC)[C@H](O)[C@@H](C)O2)C[C@@H](O[C@H]2O[C@@H](C)C[C@H](N(C)C)C2O)C(C)(C)CCCN(CCCNC(=O)[C@@]2(OC)CCC3C4CCC5=CC(=O)CC[C@]5(C)C4[C@@H](O)C[C@@]32C)[C@H](C)[C@H](O)[C@@]1(C)O. The molecule has 18 nitrogen and oxygen atoms in total. The number of aliphatic hydroxyl groups is 5. The van der Waals surface area contributed by atoms with Crippen LogP contribution in [0.25, 0.3) is 0 Å². The van der Waals surface area contributed by atoms with Gasteiger partial charge in [0.2, 0.25) is 0 Å². The molecule has 6 fully saturated rings. The van der Waals surface area contributed by atoms with Crippen molar-refractivity contribution in [3.05, 3.63) is 11.6 Å². The van der Waals surface area contributed by atoms with E-state index in [9.17, 15) is 39.9 Å². The molecule has 0 aromatic rings. The molecule has 3 saturated heterocycles. The van der Waals surface area contributed by atoms with E-state index in [2.05, 4.69) is 37.9 Å². The van der Waals surface area contributed by atoms with Gasteiger partial charge >= 0.3 is 5.97 Å². The maximum Gasteiger partial charge on any atom is 0.311 e. The van der Waals surface area contributed by atoms with Crippen LogP contribution in [0.15, 0.2) is 11.6 Å². The van der Waals surface area contributed by atoms with E-state index in [1.165, 1.54) is 19.6 Å². The molecule has 6 N–H and O–H groups in total. The summed E-state index contributed by atoms with van der Waals surface area (Å²) in [6, 6.07) is -0.871. The highest BCUT2D eigenvalue weighted by atomic mass is 16.7. The van der Waals surface area contributed by atoms with Gasteiger partial charge in [-0.3, -0.25) is 19.3 Å². The summed E-state index contributed by atoms with van der Waals surface area (Å²) in [5, 5.41) is 62.9. The molecule has 7 aliphatic rings. The van der Waals surface area contributed by atoms with Crippen LogP contribution in [0.2, 0.25) is 0 Å². The molecule has 3 heterocycles. The number of amides is 1. The lowest BCUT2D eigenvalue weighted by Gasteiger charge is -2.60. The van der Waals surface area contributed by atoms with Crippen molar-refractivity contribution in [1.29, 1.82) is 0 Å². The molecular formula is C60H103N3O15. The van der Waals surface area contributed by atoms with Crippen molar-refractivity contribution in [1.82, 2.24) is 15.1 Å². The summed E-state index contributed by atoms with van der Waals surface area (Å²) in [5.74, 6) is -1.24. The number of carbonyl (C=O) groups excluding carboxylic acids is 3. The molecule has 0 radical (unpaired) electrons. The molecular weight excluding hydrogens is 1000 g/mol. The summed E-state index contributed by atoms with van der Waals surface area (Å²) < 4.78 is 44.9. The Morgan fingerprint density at radius 1 is 0.885 bits per heavy atom. The number of aliphatic hydroxyl groups excluding tert-OH is 4. The Morgan fingerprint density at radius 3 is 2.24 bits per heavy atom. The van der Waals surface area contributed by atoms with Crippen molar-refractivity contribution >= 4 is 17.7 Å². The summed E-state index contributed by atoms with van der Waals surface area (Å²) in [6.07, 6.45) is -0.0532. The third-order valence-corrected chi connectivity index (χ3v) is 21.4. The number of ether oxygens (including phenoxy) is 7. The van der Waals surface area contributed by atoms with E-state index in [1.54, 1.807) is 34.8 Å². The topological polar surface area (TPSA) is 235 Å². The summed E-state index contributed by atoms with van der Waals surface area (Å²) in [7, 11) is 6.99. The van der Waals surface area contributed by atoms with Crippen LogP contribution in [-0.2, 0) is 47.5 Å². The Balaban J connectivity index is 1.12. The van der Waals surface area contributed by atoms with Gasteiger partial charge in [0.25, 0.3) is 5.91 Å². The second kappa shape index (κ2) is 24.6. The number of esters is 1. The third-order valence-electron chi connectivity index (χ3n) is 21.4. The van der Waals surface area contributed by atoms with E-state index < -0.39 is 107 Å². The number of nitrogens with one attached hydrogen (secondary N) is 1. The van der Waals surface area contributed by atoms with E-state index in [1.807, 2.05) is 38.9 Å². The van der Waals surface area contributed by atoms with E-state index in [0.717, 1.165) is 25.7 Å². The van der Waals surface area contributed by atoms with Gasteiger partial charge in [0, 0.05) is 64.1 Å². The highest BCUT2D eigenvalue weighted by Gasteiger charge is 2.69. The summed E-state index contributed by atoms with van der Waals surface area (Å²) in [4.78, 5) is 46.0. The standard InChI is InChI=1S/C60H103N3O15/c1-16-45-59(11,71)50(67)36(4)63(28-18-26-61-54(70)60(73-15)25-22-41-40-20-19-38-30-39(64)21-24-56(38,8)48(40)43(65)32-57(41,60)9)27-17-23-55(6,7)46(78-53-49(66)42(62(12)13)29-34(2)74-53)31-44(35(3)52(69)77-45)76-47-33-58(10,72-14)51(68)37(5)75-47/h30,34-37,40-51,53,65-68,71H,16-29,31-33H2,1-15H3,(H,61,70)/t34-,35+,36+,37+,40?,41?,42-,43-,44-,45+,46+,47+,48?,49?,50-,51+,53+,56-,57-,58-,59-,60-/m0/s1. The fourth-order valence-electron chi connectivity index (χ4n) is 16.2. The van der Waals surface area contributed by atoms with Crippen molar-refractivity contribution in [2.45, 2.75) is 262 Å². The summed E-state index contributed by atoms with van der Waals surface area (Å²) >= 11 is 0. The van der Waals surface area contributed by atoms with Crippen molar-refractivity contribution in [3.63, 3.8) is 0 Å². The number of fused-ring (bicyclic) bond motifs is 5. The zero-order valence-corrected chi connectivity index (χ0v) is 50.1. The average molecular weight is 1110 g/mol. The lowest BCUT2D eigenvalue weighted by atomic mass is 9.45. The smallest absolute Gasteiger partial charge is 0.311 e. The van der Waals surface area contributed by atoms with Crippen LogP contribution in [0.5, 0.6) is 0 Å². The third kappa shape index (κ3) is 12.1. The first-order chi connectivity index (χ1) is 36.4. The molecule has 18 heteroatoms. The Hall–Kier alpha value is -2.17. The molecule has 4 unspecified atom stereocenters. The van der Waals surface area contributed by atoms with Gasteiger partial charge < -0.3 is 68.9 Å². The minimum absolute atomic E-state index is 0.0165. The molecule has 22 atom stereocenters. The Kier molecular flexibility index (Phi) is 20.0. The Labute approximate surface area is 466 Å². The summed E-state index contributed by atoms with van der Waals surface area (Å²) in [6.45, 7) is 22.2. The maximum absolute atomic E-state index is 14.7. The first-order valence-electron chi connectivity index (χ1n) is 29.7. The molecule has 448 valence electrons. The van der Waals surface area contributed by atoms with Crippen LogP contribution in [0.4, 0.5) is 0 Å². The van der Waals surface area contributed by atoms with Crippen LogP contribution in [-0.4, -0.2) is 197 Å². The zero-order chi connectivity index (χ0) is 57.7. The lowest BCUT2D eigenvalue weighted by molar-refractivity contribution is -0.303. The molecule has 4 aliphatic carbocycles. The van der Waals surface area contributed by atoms with Crippen LogP contribution in [0, 0.1) is 39.9 Å². The van der Waals surface area contributed by atoms with Gasteiger partial charge in [-0.2, -0.15) is 0 Å². The number of hydrogen-bond donors (Lipinski definition) is 6. The number of likely N-dealkylation sites (N-methyl/N-ethyl adjacent to an activating group) is 1. The van der Waals surface area contributed by atoms with Gasteiger partial charge in [-0.1, -0.05) is 40.2 Å². The number of allylic oxidation sites excluding steroid dienone is 1. The van der Waals surface area contributed by atoms with Gasteiger partial charge in [0.05, 0.1) is 42.0 Å². The molecule has 3 saturated carbocycles. The van der Waals surface area contributed by atoms with Crippen LogP contribution < -0.4 is 5.32 Å². The average Bonchev–Trinajstić information content (AvgIpc) is 3.94. The van der Waals surface area contributed by atoms with Gasteiger partial charge in [-0.05, 0) is 167 Å². The monoisotopic (exact) mass is 1110 g/mol. The van der Waals surface area contributed by atoms with E-state index in [-0.39, 0.29) is 66.3 Å². The van der Waals surface area contributed by atoms with Crippen molar-refractivity contribution in [2.24, 2.45) is 39.9 Å². The predicted octanol–water partition coefficient (Wildman–Crippen LogP) is 5.45. The molecule has 7 rings (SSSR count). The minimum atomic E-state index is -1.89. The number of hydrogen-bond acceptors (Lipinski definition) is 17. The Morgan fingerprint density at radius 2 is 1.59 bits per heavy atom. The van der Waals surface area contributed by atoms with Crippen LogP contribution >= 0.6 is 0 Å². The van der Waals surface area contributed by atoms with Gasteiger partial charge in [0.1, 0.15) is 30.0 Å². The molecule has 3 aliphatic heterocycles. The first-order valence-corrected chi connectivity index (χ1v) is 29.7. The molecule has 1 amide bonds. The zero-order valence-electron chi connectivity index (χ0n) is 50.1. The number of cyclic esters (lactones) is 1. The molecule has 0 spiro atoms. The maximum atomic E-state index is 14.7. The van der Waals surface area contributed by atoms with Gasteiger partial charge in [-0.25, -0.2) is 0 Å². The number of nitrogens with zero attached hydrogens (tertiary/aromatic N) is 2. The fourth-order valence-corrected chi connectivity index (χ4v) is 16.2. The van der Waals surface area contributed by atoms with Crippen molar-refractivity contribution in [2.75, 3.05) is 47.9 Å². The van der Waals surface area contributed by atoms with Gasteiger partial charge in [-0.15, -0.1) is 0 Å². The van der Waals surface area contributed by atoms with Crippen LogP contribution in [0.3, 0.4) is 0 Å². The fraction of sp³-hybridized carbons (Fsp3) is 0.917. The van der Waals surface area contributed by atoms with Crippen LogP contribution in [0.1, 0.15) is 166 Å². The quantitative estimate of drug-likeness (QED) is 0.0994. The first kappa shape index (κ1) is 63.4. The largest absolute Gasteiger partial charge is 0.459 e. The molecule has 0 aromatic heterocycles. The number of methoxy groups -OCH3 is 2. The molecule has 0 aromatic carbocycles. The van der Waals surface area contributed by atoms with Gasteiger partial charge in [0.15, 0.2) is 24.0 Å². The van der Waals surface area contributed by atoms with Crippen molar-refractivity contribution < 1.29 is 73.1 Å². The van der Waals surface area contributed by atoms with E-state index in [4.69, 9.17) is 33.2 Å². The number of carbonyl (C=O) groups is 3. The highest BCUT2D eigenvalue weighted by molar-refractivity contribution is 5.91. The normalized spacial score (nSPS) is 46.9. The molecule has 0 bridgehead atoms. The van der Waals surface area contributed by atoms with E-state index in [0.29, 0.717) is 64.6 Å². The predicted molar refractivity (Wildman–Crippen MR) is 293 cm³/mol. The summed E-state index contributed by atoms with van der Waals surface area (Å²) in [5.41, 5.74) is -4.39. The minimum Gasteiger partial charge on any atom is -0.459 e. The Bertz CT molecular complexity index is 2110. The number of rotatable bonds is 13. The second-order valence-electron chi connectivity index (χ2n) is 27.0. The lowest BCUT2D eigenvalue weighted by Crippen LogP contribution is -2.64. The molecule has 78 heavy (non-hydrogen) atoms.